The normalized spacial score (nSPS) is 45.4. The third-order valence-electron chi connectivity index (χ3n) is 6.51. The van der Waals surface area contributed by atoms with Crippen molar-refractivity contribution in [2.75, 3.05) is 13.1 Å². The monoisotopic (exact) mass is 296 g/mol. The van der Waals surface area contributed by atoms with Gasteiger partial charge in [0.1, 0.15) is 6.17 Å². The van der Waals surface area contributed by atoms with Crippen molar-refractivity contribution in [3.8, 4) is 0 Å². The first kappa shape index (κ1) is 15.7. The van der Waals surface area contributed by atoms with Crippen LogP contribution in [0.3, 0.4) is 0 Å². The quantitative estimate of drug-likeness (QED) is 0.826. The molecule has 3 fully saturated rings. The number of hydrogen-bond donors (Lipinski definition) is 2. The van der Waals surface area contributed by atoms with Gasteiger partial charge < -0.3 is 10.6 Å². The van der Waals surface area contributed by atoms with Gasteiger partial charge in [0.05, 0.1) is 6.17 Å². The van der Waals surface area contributed by atoms with E-state index in [1.165, 1.54) is 45.2 Å². The van der Waals surface area contributed by atoms with E-state index in [-0.39, 0.29) is 0 Å². The molecule has 0 aromatic rings. The molecule has 0 unspecified atom stereocenters. The van der Waals surface area contributed by atoms with Gasteiger partial charge in [-0.05, 0) is 62.2 Å². The highest BCUT2D eigenvalue weighted by Crippen LogP contribution is 2.36. The molecule has 21 heavy (non-hydrogen) atoms. The highest BCUT2D eigenvalue weighted by molar-refractivity contribution is 4.88. The summed E-state index contributed by atoms with van der Waals surface area (Å²) in [5, 5.41) is 7.49. The van der Waals surface area contributed by atoms with Crippen LogP contribution < -0.4 is 10.6 Å². The number of hydrogen-bond acceptors (Lipinski definition) is 2. The van der Waals surface area contributed by atoms with Crippen LogP contribution in [0.15, 0.2) is 0 Å². The summed E-state index contributed by atoms with van der Waals surface area (Å²) in [6.45, 7) is 4.69. The molecule has 1 heterocycles. The summed E-state index contributed by atoms with van der Waals surface area (Å²) in [5.74, 6) is 3.38. The predicted molar refractivity (Wildman–Crippen MR) is 85.9 cm³/mol. The summed E-state index contributed by atoms with van der Waals surface area (Å²) in [6.07, 6.45) is 10.7. The van der Waals surface area contributed by atoms with Gasteiger partial charge in [0.2, 0.25) is 0 Å². The molecule has 3 heteroatoms. The summed E-state index contributed by atoms with van der Waals surface area (Å²) >= 11 is 0. The van der Waals surface area contributed by atoms with Gasteiger partial charge in [-0.15, -0.1) is 0 Å². The van der Waals surface area contributed by atoms with Crippen molar-refractivity contribution >= 4 is 0 Å². The Labute approximate surface area is 129 Å². The van der Waals surface area contributed by atoms with Crippen LogP contribution in [-0.4, -0.2) is 25.4 Å². The minimum Gasteiger partial charge on any atom is -0.301 e. The summed E-state index contributed by atoms with van der Waals surface area (Å²) in [7, 11) is 0. The van der Waals surface area contributed by atoms with Gasteiger partial charge in [0.15, 0.2) is 0 Å². The lowest BCUT2D eigenvalue weighted by atomic mass is 9.74. The summed E-state index contributed by atoms with van der Waals surface area (Å²) < 4.78 is 13.2. The molecule has 0 amide bonds. The van der Waals surface area contributed by atoms with Gasteiger partial charge in [0.25, 0.3) is 0 Å². The Bertz CT molecular complexity index is 298. The lowest BCUT2D eigenvalue weighted by molar-refractivity contribution is 0.114. The summed E-state index contributed by atoms with van der Waals surface area (Å²) in [6, 6.07) is 0. The summed E-state index contributed by atoms with van der Waals surface area (Å²) in [4.78, 5) is 0. The molecular formula is C18H33FN2. The minimum absolute atomic E-state index is 0.445. The Kier molecular flexibility index (Phi) is 5.55. The second kappa shape index (κ2) is 7.41. The topological polar surface area (TPSA) is 24.1 Å². The van der Waals surface area contributed by atoms with Crippen molar-refractivity contribution in [1.29, 1.82) is 0 Å². The van der Waals surface area contributed by atoms with Gasteiger partial charge in [0, 0.05) is 13.1 Å². The van der Waals surface area contributed by atoms with Crippen molar-refractivity contribution in [2.45, 2.75) is 77.0 Å². The van der Waals surface area contributed by atoms with Crippen LogP contribution in [0, 0.1) is 23.7 Å². The van der Waals surface area contributed by atoms with E-state index in [2.05, 4.69) is 17.6 Å². The van der Waals surface area contributed by atoms with E-state index in [9.17, 15) is 4.39 Å². The molecule has 0 radical (unpaired) electrons. The van der Waals surface area contributed by atoms with Crippen molar-refractivity contribution in [1.82, 2.24) is 10.6 Å². The third kappa shape index (κ3) is 3.98. The van der Waals surface area contributed by atoms with Crippen LogP contribution in [0.25, 0.3) is 0 Å². The Morgan fingerprint density at radius 1 is 0.762 bits per heavy atom. The molecule has 2 saturated carbocycles. The molecule has 0 aromatic carbocycles. The molecule has 0 bridgehead atoms. The molecule has 3 rings (SSSR count). The second-order valence-corrected chi connectivity index (χ2v) is 7.76. The Hall–Kier alpha value is -0.150. The fourth-order valence-electron chi connectivity index (χ4n) is 4.85. The van der Waals surface area contributed by atoms with E-state index < -0.39 is 6.17 Å². The Balaban J connectivity index is 1.41. The fraction of sp³-hybridized carbons (Fsp3) is 1.00. The van der Waals surface area contributed by atoms with Gasteiger partial charge in [-0.25, -0.2) is 4.39 Å². The standard InChI is InChI=1S/C18H33FN2/c1-2-13-3-5-14(6-4-13)16-11-20-18(21-12-16)15-7-9-17(19)10-8-15/h13-18,20-21H,2-12H2,1H3. The zero-order valence-electron chi connectivity index (χ0n) is 13.6. The molecule has 3 aliphatic rings. The van der Waals surface area contributed by atoms with E-state index in [0.29, 0.717) is 12.1 Å². The van der Waals surface area contributed by atoms with Gasteiger partial charge in [-0.3, -0.25) is 0 Å². The minimum atomic E-state index is -0.536. The summed E-state index contributed by atoms with van der Waals surface area (Å²) in [5.41, 5.74) is 0. The molecule has 1 saturated heterocycles. The van der Waals surface area contributed by atoms with Gasteiger partial charge in [-0.2, -0.15) is 0 Å². The SMILES string of the molecule is CCC1CCC(C2CNC(C3CCC(F)CC3)NC2)CC1. The Morgan fingerprint density at radius 3 is 1.90 bits per heavy atom. The first-order valence-corrected chi connectivity index (χ1v) is 9.37. The highest BCUT2D eigenvalue weighted by Gasteiger charge is 2.33. The van der Waals surface area contributed by atoms with E-state index >= 15 is 0 Å². The maximum absolute atomic E-state index is 13.2. The molecule has 2 nitrogen and oxygen atoms in total. The Morgan fingerprint density at radius 2 is 1.33 bits per heavy atom. The molecule has 2 N–H and O–H groups in total. The number of halogens is 1. The lowest BCUT2D eigenvalue weighted by Crippen LogP contribution is -2.58. The zero-order valence-corrected chi connectivity index (χ0v) is 13.6. The molecule has 0 aromatic heterocycles. The largest absolute Gasteiger partial charge is 0.301 e. The third-order valence-corrected chi connectivity index (χ3v) is 6.51. The fourth-order valence-corrected chi connectivity index (χ4v) is 4.85. The lowest BCUT2D eigenvalue weighted by Gasteiger charge is -2.42. The van der Waals surface area contributed by atoms with E-state index in [1.807, 2.05) is 0 Å². The van der Waals surface area contributed by atoms with Crippen LogP contribution in [0.5, 0.6) is 0 Å². The average Bonchev–Trinajstić information content (AvgIpc) is 2.56. The second-order valence-electron chi connectivity index (χ2n) is 7.76. The number of rotatable bonds is 3. The molecular weight excluding hydrogens is 263 g/mol. The van der Waals surface area contributed by atoms with Crippen molar-refractivity contribution in [2.24, 2.45) is 23.7 Å². The average molecular weight is 296 g/mol. The maximum Gasteiger partial charge on any atom is 0.100 e. The van der Waals surface area contributed by atoms with E-state index in [0.717, 1.165) is 43.4 Å². The first-order chi connectivity index (χ1) is 10.3. The number of alkyl halides is 1. The van der Waals surface area contributed by atoms with E-state index in [1.54, 1.807) is 0 Å². The van der Waals surface area contributed by atoms with Crippen molar-refractivity contribution in [3.63, 3.8) is 0 Å². The van der Waals surface area contributed by atoms with Crippen molar-refractivity contribution < 1.29 is 4.39 Å². The maximum atomic E-state index is 13.2. The molecule has 2 aliphatic carbocycles. The van der Waals surface area contributed by atoms with Gasteiger partial charge >= 0.3 is 0 Å². The molecule has 0 spiro atoms. The number of nitrogens with one attached hydrogen (secondary N) is 2. The predicted octanol–water partition coefficient (Wildman–Crippen LogP) is 3.87. The molecule has 1 aliphatic heterocycles. The van der Waals surface area contributed by atoms with Crippen molar-refractivity contribution in [3.05, 3.63) is 0 Å². The van der Waals surface area contributed by atoms with Gasteiger partial charge in [-0.1, -0.05) is 26.2 Å². The van der Waals surface area contributed by atoms with Crippen LogP contribution in [0.4, 0.5) is 4.39 Å². The van der Waals surface area contributed by atoms with Crippen LogP contribution in [0.2, 0.25) is 0 Å². The molecule has 122 valence electrons. The van der Waals surface area contributed by atoms with Crippen LogP contribution >= 0.6 is 0 Å². The smallest absolute Gasteiger partial charge is 0.100 e. The van der Waals surface area contributed by atoms with Crippen LogP contribution in [-0.2, 0) is 0 Å². The zero-order chi connectivity index (χ0) is 14.7. The first-order valence-electron chi connectivity index (χ1n) is 9.37. The molecule has 0 atom stereocenters. The van der Waals surface area contributed by atoms with Crippen LogP contribution in [0.1, 0.15) is 64.7 Å². The highest BCUT2D eigenvalue weighted by atomic mass is 19.1. The van der Waals surface area contributed by atoms with E-state index in [4.69, 9.17) is 0 Å².